The van der Waals surface area contributed by atoms with Gasteiger partial charge in [-0.15, -0.1) is 5.10 Å². The highest BCUT2D eigenvalue weighted by atomic mass is 16.7. The van der Waals surface area contributed by atoms with Crippen LogP contribution in [0.2, 0.25) is 0 Å². The van der Waals surface area contributed by atoms with Crippen LogP contribution in [0, 0.1) is 0 Å². The smallest absolute Gasteiger partial charge is 0.251 e. The molecule has 10 nitrogen and oxygen atoms in total. The van der Waals surface area contributed by atoms with Crippen molar-refractivity contribution < 1.29 is 24.1 Å². The fourth-order valence-electron chi connectivity index (χ4n) is 2.58. The second-order valence-electron chi connectivity index (χ2n) is 5.99. The third-order valence-corrected chi connectivity index (χ3v) is 4.03. The zero-order chi connectivity index (χ0) is 19.3. The van der Waals surface area contributed by atoms with Crippen molar-refractivity contribution in [2.24, 2.45) is 0 Å². The van der Waals surface area contributed by atoms with Crippen LogP contribution in [-0.4, -0.2) is 57.3 Å². The third-order valence-electron chi connectivity index (χ3n) is 4.03. The van der Waals surface area contributed by atoms with Gasteiger partial charge in [-0.05, 0) is 46.8 Å². The number of ether oxygens (including phenoxy) is 3. The van der Waals surface area contributed by atoms with Crippen molar-refractivity contribution in [2.45, 2.75) is 6.10 Å². The Kier molecular flexibility index (Phi) is 5.02. The molecule has 0 radical (unpaired) electrons. The summed E-state index contributed by atoms with van der Waals surface area (Å²) in [6, 6.07) is 11.9. The van der Waals surface area contributed by atoms with Crippen molar-refractivity contribution in [3.8, 4) is 22.9 Å². The van der Waals surface area contributed by atoms with Crippen molar-refractivity contribution in [3.05, 3.63) is 54.4 Å². The van der Waals surface area contributed by atoms with Crippen LogP contribution in [0.15, 0.2) is 48.8 Å². The number of benzene rings is 2. The molecule has 1 aliphatic heterocycles. The maximum atomic E-state index is 12.2. The predicted molar refractivity (Wildman–Crippen MR) is 95.6 cm³/mol. The van der Waals surface area contributed by atoms with Crippen LogP contribution in [0.5, 0.6) is 17.2 Å². The monoisotopic (exact) mass is 383 g/mol. The first-order valence-corrected chi connectivity index (χ1v) is 8.51. The number of hydrogen-bond acceptors (Lipinski definition) is 8. The zero-order valence-electron chi connectivity index (χ0n) is 14.7. The molecule has 10 heteroatoms. The Morgan fingerprint density at radius 1 is 1.21 bits per heavy atom. The highest BCUT2D eigenvalue weighted by molar-refractivity contribution is 5.94. The quantitative estimate of drug-likeness (QED) is 0.607. The van der Waals surface area contributed by atoms with Gasteiger partial charge >= 0.3 is 0 Å². The Morgan fingerprint density at radius 3 is 2.82 bits per heavy atom. The summed E-state index contributed by atoms with van der Waals surface area (Å²) in [5.41, 5.74) is 1.19. The molecule has 1 aliphatic rings. The van der Waals surface area contributed by atoms with Crippen molar-refractivity contribution in [3.63, 3.8) is 0 Å². The largest absolute Gasteiger partial charge is 0.491 e. The highest BCUT2D eigenvalue weighted by Gasteiger charge is 2.15. The van der Waals surface area contributed by atoms with Crippen molar-refractivity contribution in [1.29, 1.82) is 0 Å². The highest BCUT2D eigenvalue weighted by Crippen LogP contribution is 2.35. The molecule has 4 rings (SSSR count). The van der Waals surface area contributed by atoms with Gasteiger partial charge in [0.25, 0.3) is 5.91 Å². The Bertz CT molecular complexity index is 946. The van der Waals surface area contributed by atoms with E-state index < -0.39 is 6.10 Å². The SMILES string of the molecule is O=C(NCC(O)COc1ccc2c(c1)OCO2)c1ccc(-n2cnnn2)cc1. The normalized spacial score (nSPS) is 13.2. The average molecular weight is 383 g/mol. The second kappa shape index (κ2) is 7.92. The van der Waals surface area contributed by atoms with Gasteiger partial charge in [-0.2, -0.15) is 0 Å². The van der Waals surface area contributed by atoms with E-state index in [-0.39, 0.29) is 25.9 Å². The van der Waals surface area contributed by atoms with Gasteiger partial charge in [-0.1, -0.05) is 0 Å². The number of aliphatic hydroxyl groups is 1. The van der Waals surface area contributed by atoms with E-state index in [0.29, 0.717) is 22.8 Å². The number of amides is 1. The molecule has 0 bridgehead atoms. The van der Waals surface area contributed by atoms with E-state index in [4.69, 9.17) is 14.2 Å². The number of carbonyl (C=O) groups is 1. The predicted octanol–water partition coefficient (Wildman–Crippen LogP) is 0.561. The number of nitrogens with zero attached hydrogens (tertiary/aromatic N) is 4. The lowest BCUT2D eigenvalue weighted by Gasteiger charge is -2.13. The minimum absolute atomic E-state index is 0.0260. The number of aliphatic hydroxyl groups excluding tert-OH is 1. The summed E-state index contributed by atoms with van der Waals surface area (Å²) in [6.45, 7) is 0.264. The number of fused-ring (bicyclic) bond motifs is 1. The van der Waals surface area contributed by atoms with Gasteiger partial charge < -0.3 is 24.6 Å². The standard InChI is InChI=1S/C18H17N5O5/c24-14(9-26-15-5-6-16-17(7-15)28-11-27-16)8-19-18(25)12-1-3-13(4-2-12)23-10-20-21-22-23/h1-7,10,14,24H,8-9,11H2,(H,19,25). The van der Waals surface area contributed by atoms with Gasteiger partial charge in [-0.25, -0.2) is 4.68 Å². The molecule has 2 N–H and O–H groups in total. The first-order chi connectivity index (χ1) is 13.7. The maximum Gasteiger partial charge on any atom is 0.251 e. The van der Waals surface area contributed by atoms with Crippen LogP contribution in [0.1, 0.15) is 10.4 Å². The fourth-order valence-corrected chi connectivity index (χ4v) is 2.58. The van der Waals surface area contributed by atoms with E-state index in [1.165, 1.54) is 11.0 Å². The third kappa shape index (κ3) is 4.01. The zero-order valence-corrected chi connectivity index (χ0v) is 14.7. The Labute approximate surface area is 159 Å². The molecule has 2 heterocycles. The summed E-state index contributed by atoms with van der Waals surface area (Å²) < 4.78 is 17.5. The van der Waals surface area contributed by atoms with Gasteiger partial charge in [0.1, 0.15) is 24.8 Å². The van der Waals surface area contributed by atoms with E-state index in [0.717, 1.165) is 5.69 Å². The molecule has 0 saturated carbocycles. The molecule has 1 aromatic heterocycles. The van der Waals surface area contributed by atoms with Crippen LogP contribution >= 0.6 is 0 Å². The van der Waals surface area contributed by atoms with Gasteiger partial charge in [0, 0.05) is 18.2 Å². The molecule has 28 heavy (non-hydrogen) atoms. The van der Waals surface area contributed by atoms with E-state index in [1.54, 1.807) is 42.5 Å². The first kappa shape index (κ1) is 17.7. The number of tetrazole rings is 1. The molecule has 3 aromatic rings. The summed E-state index contributed by atoms with van der Waals surface area (Å²) in [5.74, 6) is 1.51. The topological polar surface area (TPSA) is 121 Å². The lowest BCUT2D eigenvalue weighted by atomic mass is 10.2. The van der Waals surface area contributed by atoms with Crippen LogP contribution in [0.3, 0.4) is 0 Å². The Morgan fingerprint density at radius 2 is 2.04 bits per heavy atom. The Balaban J connectivity index is 1.25. The van der Waals surface area contributed by atoms with Crippen LogP contribution in [-0.2, 0) is 0 Å². The molecule has 2 aromatic carbocycles. The van der Waals surface area contributed by atoms with E-state index in [2.05, 4.69) is 20.8 Å². The minimum Gasteiger partial charge on any atom is -0.491 e. The summed E-state index contributed by atoms with van der Waals surface area (Å²) in [4.78, 5) is 12.2. The first-order valence-electron chi connectivity index (χ1n) is 8.51. The molecule has 0 aliphatic carbocycles. The van der Waals surface area contributed by atoms with Gasteiger partial charge in [0.2, 0.25) is 6.79 Å². The average Bonchev–Trinajstić information content (AvgIpc) is 3.42. The lowest BCUT2D eigenvalue weighted by Crippen LogP contribution is -2.35. The van der Waals surface area contributed by atoms with Gasteiger partial charge in [0.05, 0.1) is 5.69 Å². The Hall–Kier alpha value is -3.66. The van der Waals surface area contributed by atoms with Gasteiger partial charge in [-0.3, -0.25) is 4.79 Å². The number of hydrogen-bond donors (Lipinski definition) is 2. The molecule has 144 valence electrons. The number of nitrogens with one attached hydrogen (secondary N) is 1. The molecular weight excluding hydrogens is 366 g/mol. The van der Waals surface area contributed by atoms with Crippen molar-refractivity contribution >= 4 is 5.91 Å². The molecule has 1 atom stereocenters. The number of carbonyl (C=O) groups excluding carboxylic acids is 1. The summed E-state index contributed by atoms with van der Waals surface area (Å²) in [6.07, 6.45) is 0.598. The van der Waals surface area contributed by atoms with Crippen LogP contribution in [0.4, 0.5) is 0 Å². The second-order valence-corrected chi connectivity index (χ2v) is 5.99. The van der Waals surface area contributed by atoms with Crippen molar-refractivity contribution in [1.82, 2.24) is 25.5 Å². The molecule has 0 fully saturated rings. The fraction of sp³-hybridized carbons (Fsp3) is 0.222. The van der Waals surface area contributed by atoms with E-state index >= 15 is 0 Å². The van der Waals surface area contributed by atoms with Gasteiger partial charge in [0.15, 0.2) is 11.5 Å². The van der Waals surface area contributed by atoms with Crippen LogP contribution in [0.25, 0.3) is 5.69 Å². The maximum absolute atomic E-state index is 12.2. The molecule has 0 saturated heterocycles. The van der Waals surface area contributed by atoms with E-state index in [1.807, 2.05) is 0 Å². The summed E-state index contributed by atoms with van der Waals surface area (Å²) in [7, 11) is 0. The molecule has 1 unspecified atom stereocenters. The lowest BCUT2D eigenvalue weighted by molar-refractivity contribution is 0.0843. The summed E-state index contributed by atoms with van der Waals surface area (Å²) in [5, 5.41) is 23.6. The number of rotatable bonds is 7. The minimum atomic E-state index is -0.866. The molecule has 1 amide bonds. The van der Waals surface area contributed by atoms with Crippen molar-refractivity contribution in [2.75, 3.05) is 19.9 Å². The summed E-state index contributed by atoms with van der Waals surface area (Å²) >= 11 is 0. The molecule has 0 spiro atoms. The number of aromatic nitrogens is 4. The van der Waals surface area contributed by atoms with Crippen LogP contribution < -0.4 is 19.5 Å². The molecular formula is C18H17N5O5. The van der Waals surface area contributed by atoms with E-state index in [9.17, 15) is 9.90 Å².